The lowest BCUT2D eigenvalue weighted by atomic mass is 10.1. The van der Waals surface area contributed by atoms with E-state index in [1.54, 1.807) is 0 Å². The molecule has 0 aliphatic carbocycles. The fourth-order valence-electron chi connectivity index (χ4n) is 1.96. The molecule has 0 aromatic carbocycles. The number of aromatic nitrogens is 2. The molecule has 0 radical (unpaired) electrons. The van der Waals surface area contributed by atoms with E-state index < -0.39 is 0 Å². The lowest BCUT2D eigenvalue weighted by Crippen LogP contribution is -2.28. The minimum Gasteiger partial charge on any atom is -0.381 e. The van der Waals surface area contributed by atoms with E-state index in [1.165, 1.54) is 5.69 Å². The molecule has 0 saturated heterocycles. The number of likely N-dealkylation sites (N-methyl/N-ethyl adjacent to an activating group) is 1. The molecule has 1 aromatic rings. The van der Waals surface area contributed by atoms with E-state index in [1.807, 2.05) is 11.7 Å². The normalized spacial score (nSPS) is 11.5. The van der Waals surface area contributed by atoms with Crippen LogP contribution in [0, 0.1) is 0 Å². The minimum atomic E-state index is 0.465. The van der Waals surface area contributed by atoms with Crippen LogP contribution in [0.15, 0.2) is 6.20 Å². The molecular formula is C13H26N4. The summed E-state index contributed by atoms with van der Waals surface area (Å²) >= 11 is 0. The fourth-order valence-corrected chi connectivity index (χ4v) is 1.96. The van der Waals surface area contributed by atoms with Gasteiger partial charge in [-0.05, 0) is 19.0 Å². The second kappa shape index (κ2) is 6.64. The van der Waals surface area contributed by atoms with Gasteiger partial charge in [-0.3, -0.25) is 4.68 Å². The maximum absolute atomic E-state index is 4.49. The van der Waals surface area contributed by atoms with Gasteiger partial charge in [-0.2, -0.15) is 5.10 Å². The van der Waals surface area contributed by atoms with Crippen molar-refractivity contribution in [3.05, 3.63) is 11.9 Å². The van der Waals surface area contributed by atoms with Crippen molar-refractivity contribution in [2.45, 2.75) is 33.6 Å². The lowest BCUT2D eigenvalue weighted by Gasteiger charge is -2.18. The zero-order valence-corrected chi connectivity index (χ0v) is 11.8. The lowest BCUT2D eigenvalue weighted by molar-refractivity contribution is 0.316. The van der Waals surface area contributed by atoms with Crippen LogP contribution in [-0.4, -0.2) is 40.9 Å². The Hall–Kier alpha value is -1.03. The first kappa shape index (κ1) is 14.0. The number of nitrogens with one attached hydrogen (secondary N) is 1. The van der Waals surface area contributed by atoms with Crippen LogP contribution < -0.4 is 5.32 Å². The van der Waals surface area contributed by atoms with Gasteiger partial charge in [-0.15, -0.1) is 0 Å². The van der Waals surface area contributed by atoms with Crippen LogP contribution in [0.5, 0.6) is 0 Å². The summed E-state index contributed by atoms with van der Waals surface area (Å²) in [5.41, 5.74) is 2.33. The molecule has 1 rings (SSSR count). The summed E-state index contributed by atoms with van der Waals surface area (Å²) < 4.78 is 1.88. The molecular weight excluding hydrogens is 212 g/mol. The van der Waals surface area contributed by atoms with Crippen molar-refractivity contribution < 1.29 is 0 Å². The number of anilines is 1. The van der Waals surface area contributed by atoms with Crippen LogP contribution in [0.3, 0.4) is 0 Å². The minimum absolute atomic E-state index is 0.465. The zero-order chi connectivity index (χ0) is 12.8. The van der Waals surface area contributed by atoms with Crippen LogP contribution in [0.25, 0.3) is 0 Å². The van der Waals surface area contributed by atoms with E-state index in [4.69, 9.17) is 0 Å². The van der Waals surface area contributed by atoms with Gasteiger partial charge in [0, 0.05) is 26.3 Å². The molecule has 0 aliphatic heterocycles. The van der Waals surface area contributed by atoms with Crippen molar-refractivity contribution in [3.63, 3.8) is 0 Å². The summed E-state index contributed by atoms with van der Waals surface area (Å²) in [4.78, 5) is 2.42. The highest BCUT2D eigenvalue weighted by Gasteiger charge is 2.10. The first-order chi connectivity index (χ1) is 8.08. The Bertz CT molecular complexity index is 326. The standard InChI is InChI=1S/C13H26N4/c1-6-17(7-2)9-8-14-12-10-16(5)15-13(12)11(3)4/h10-11,14H,6-9H2,1-5H3. The highest BCUT2D eigenvalue weighted by atomic mass is 15.3. The van der Waals surface area contributed by atoms with Gasteiger partial charge in [0.05, 0.1) is 11.4 Å². The molecule has 98 valence electrons. The topological polar surface area (TPSA) is 33.1 Å². The van der Waals surface area contributed by atoms with Gasteiger partial charge in [0.25, 0.3) is 0 Å². The molecule has 0 unspecified atom stereocenters. The number of aryl methyl sites for hydroxylation is 1. The van der Waals surface area contributed by atoms with E-state index in [9.17, 15) is 0 Å². The summed E-state index contributed by atoms with van der Waals surface area (Å²) in [5, 5.41) is 7.98. The molecule has 1 heterocycles. The monoisotopic (exact) mass is 238 g/mol. The van der Waals surface area contributed by atoms with Crippen LogP contribution in [0.4, 0.5) is 5.69 Å². The van der Waals surface area contributed by atoms with Crippen LogP contribution in [0.1, 0.15) is 39.3 Å². The number of nitrogens with zero attached hydrogens (tertiary/aromatic N) is 3. The predicted molar refractivity (Wildman–Crippen MR) is 73.6 cm³/mol. The van der Waals surface area contributed by atoms with Gasteiger partial charge >= 0.3 is 0 Å². The van der Waals surface area contributed by atoms with Crippen molar-refractivity contribution in [1.82, 2.24) is 14.7 Å². The van der Waals surface area contributed by atoms with Crippen LogP contribution in [-0.2, 0) is 7.05 Å². The van der Waals surface area contributed by atoms with E-state index in [0.717, 1.165) is 31.9 Å². The van der Waals surface area contributed by atoms with E-state index in [2.05, 4.69) is 49.2 Å². The Balaban J connectivity index is 2.51. The molecule has 17 heavy (non-hydrogen) atoms. The summed E-state index contributed by atoms with van der Waals surface area (Å²) in [6.45, 7) is 13.0. The van der Waals surface area contributed by atoms with Gasteiger partial charge in [0.15, 0.2) is 0 Å². The Kier molecular flexibility index (Phi) is 5.48. The average molecular weight is 238 g/mol. The van der Waals surface area contributed by atoms with Crippen molar-refractivity contribution >= 4 is 5.69 Å². The molecule has 1 aromatic heterocycles. The second-order valence-electron chi connectivity index (χ2n) is 4.71. The van der Waals surface area contributed by atoms with Gasteiger partial charge in [0.2, 0.25) is 0 Å². The zero-order valence-electron chi connectivity index (χ0n) is 11.8. The summed E-state index contributed by atoms with van der Waals surface area (Å²) in [6, 6.07) is 0. The second-order valence-corrected chi connectivity index (χ2v) is 4.71. The maximum Gasteiger partial charge on any atom is 0.0881 e. The van der Waals surface area contributed by atoms with Gasteiger partial charge in [0.1, 0.15) is 0 Å². The smallest absolute Gasteiger partial charge is 0.0881 e. The molecule has 0 saturated carbocycles. The Morgan fingerprint density at radius 3 is 2.53 bits per heavy atom. The predicted octanol–water partition coefficient (Wildman–Crippen LogP) is 2.30. The Labute approximate surface area is 105 Å². The van der Waals surface area contributed by atoms with E-state index in [-0.39, 0.29) is 0 Å². The summed E-state index contributed by atoms with van der Waals surface area (Å²) in [5.74, 6) is 0.465. The summed E-state index contributed by atoms with van der Waals surface area (Å²) in [6.07, 6.45) is 2.07. The highest BCUT2D eigenvalue weighted by molar-refractivity contribution is 5.47. The fraction of sp³-hybridized carbons (Fsp3) is 0.769. The first-order valence-electron chi connectivity index (χ1n) is 6.58. The Morgan fingerprint density at radius 2 is 2.00 bits per heavy atom. The van der Waals surface area contributed by atoms with E-state index in [0.29, 0.717) is 5.92 Å². The van der Waals surface area contributed by atoms with E-state index >= 15 is 0 Å². The van der Waals surface area contributed by atoms with Crippen molar-refractivity contribution in [2.24, 2.45) is 7.05 Å². The molecule has 0 bridgehead atoms. The number of hydrogen-bond acceptors (Lipinski definition) is 3. The average Bonchev–Trinajstić information content (AvgIpc) is 2.66. The highest BCUT2D eigenvalue weighted by Crippen LogP contribution is 2.21. The molecule has 0 spiro atoms. The third-order valence-corrected chi connectivity index (χ3v) is 3.04. The third-order valence-electron chi connectivity index (χ3n) is 3.04. The number of rotatable bonds is 7. The van der Waals surface area contributed by atoms with Crippen LogP contribution in [0.2, 0.25) is 0 Å². The van der Waals surface area contributed by atoms with Gasteiger partial charge in [-0.25, -0.2) is 0 Å². The Morgan fingerprint density at radius 1 is 1.35 bits per heavy atom. The van der Waals surface area contributed by atoms with Crippen molar-refractivity contribution in [2.75, 3.05) is 31.5 Å². The summed E-state index contributed by atoms with van der Waals surface area (Å²) in [7, 11) is 1.97. The number of hydrogen-bond donors (Lipinski definition) is 1. The van der Waals surface area contributed by atoms with Gasteiger partial charge in [-0.1, -0.05) is 27.7 Å². The molecule has 0 amide bonds. The first-order valence-corrected chi connectivity index (χ1v) is 6.58. The molecule has 1 N–H and O–H groups in total. The van der Waals surface area contributed by atoms with Crippen molar-refractivity contribution in [1.29, 1.82) is 0 Å². The van der Waals surface area contributed by atoms with Gasteiger partial charge < -0.3 is 10.2 Å². The molecule has 0 aliphatic rings. The molecule has 0 fully saturated rings. The largest absolute Gasteiger partial charge is 0.381 e. The van der Waals surface area contributed by atoms with Crippen molar-refractivity contribution in [3.8, 4) is 0 Å². The van der Waals surface area contributed by atoms with Crippen LogP contribution >= 0.6 is 0 Å². The molecule has 0 atom stereocenters. The molecule has 4 nitrogen and oxygen atoms in total. The SMILES string of the molecule is CCN(CC)CCNc1cn(C)nc1C(C)C. The molecule has 4 heteroatoms. The third kappa shape index (κ3) is 4.04. The maximum atomic E-state index is 4.49. The quantitative estimate of drug-likeness (QED) is 0.791.